The highest BCUT2D eigenvalue weighted by Gasteiger charge is 2.64. The molecule has 6 atom stereocenters. The van der Waals surface area contributed by atoms with Crippen LogP contribution in [0.5, 0.6) is 0 Å². The Balaban J connectivity index is 1.77. The van der Waals surface area contributed by atoms with E-state index in [9.17, 15) is 27.6 Å². The number of carbonyl (C=O) groups is 4. The maximum absolute atomic E-state index is 14.8. The molecule has 0 aromatic heterocycles. The lowest BCUT2D eigenvalue weighted by atomic mass is 9.82. The number of sulfone groups is 1. The van der Waals surface area contributed by atoms with Gasteiger partial charge in [-0.2, -0.15) is 0 Å². The fourth-order valence-corrected chi connectivity index (χ4v) is 10.0. The van der Waals surface area contributed by atoms with Gasteiger partial charge in [-0.25, -0.2) is 18.0 Å². The van der Waals surface area contributed by atoms with Crippen molar-refractivity contribution in [3.63, 3.8) is 0 Å². The van der Waals surface area contributed by atoms with Crippen molar-refractivity contribution in [2.24, 2.45) is 11.8 Å². The molecule has 0 bridgehead atoms. The molecule has 54 heavy (non-hydrogen) atoms. The van der Waals surface area contributed by atoms with Gasteiger partial charge < -0.3 is 25.0 Å². The Morgan fingerprint density at radius 3 is 2.35 bits per heavy atom. The molecule has 1 aliphatic heterocycles. The number of esters is 1. The van der Waals surface area contributed by atoms with Crippen molar-refractivity contribution in [1.29, 1.82) is 0 Å². The minimum Gasteiger partial charge on any atom is -0.464 e. The third-order valence-electron chi connectivity index (χ3n) is 10.6. The smallest absolute Gasteiger partial charge is 0.408 e. The number of allylic oxidation sites excluding steroid dienone is 5. The summed E-state index contributed by atoms with van der Waals surface area (Å²) in [5.74, 6) is -2.94. The average molecular weight is 766 g/mol. The summed E-state index contributed by atoms with van der Waals surface area (Å²) in [6, 6.07) is 7.41. The normalized spacial score (nSPS) is 25.5. The van der Waals surface area contributed by atoms with E-state index in [0.717, 1.165) is 30.4 Å². The summed E-state index contributed by atoms with van der Waals surface area (Å²) in [5.41, 5.74) is -0.260. The van der Waals surface area contributed by atoms with Gasteiger partial charge in [0.1, 0.15) is 23.2 Å². The number of likely N-dealkylation sites (tertiary alicyclic amines) is 1. The number of nitrogens with one attached hydrogen (secondary N) is 2. The first kappa shape index (κ1) is 42.6. The number of unbranched alkanes of at least 4 members (excludes halogenated alkanes) is 3. The second kappa shape index (κ2) is 18.0. The van der Waals surface area contributed by atoms with E-state index in [2.05, 4.69) is 23.8 Å². The fourth-order valence-electron chi connectivity index (χ4n) is 7.70. The maximum Gasteiger partial charge on any atom is 0.408 e. The summed E-state index contributed by atoms with van der Waals surface area (Å²) in [5, 5.41) is 5.63. The topological polar surface area (TPSA) is 148 Å². The summed E-state index contributed by atoms with van der Waals surface area (Å²) < 4.78 is 38.5. The van der Waals surface area contributed by atoms with E-state index in [1.807, 2.05) is 54.6 Å². The molecule has 1 saturated carbocycles. The molecule has 296 valence electrons. The van der Waals surface area contributed by atoms with Crippen LogP contribution in [0, 0.1) is 11.8 Å². The summed E-state index contributed by atoms with van der Waals surface area (Å²) >= 11 is 0. The van der Waals surface area contributed by atoms with E-state index < -0.39 is 67.6 Å². The van der Waals surface area contributed by atoms with E-state index >= 15 is 0 Å². The van der Waals surface area contributed by atoms with E-state index in [1.165, 1.54) is 4.90 Å². The van der Waals surface area contributed by atoms with Gasteiger partial charge in [-0.3, -0.25) is 9.59 Å². The number of carbonyl (C=O) groups excluding carboxylic acids is 4. The molecule has 0 spiro atoms. The molecule has 1 unspecified atom stereocenters. The van der Waals surface area contributed by atoms with Gasteiger partial charge in [0.05, 0.1) is 17.1 Å². The number of alkyl carbamates (subject to hydrolysis) is 1. The van der Waals surface area contributed by atoms with Gasteiger partial charge in [0.25, 0.3) is 0 Å². The zero-order chi connectivity index (χ0) is 39.7. The van der Waals surface area contributed by atoms with Crippen molar-refractivity contribution in [2.75, 3.05) is 18.9 Å². The maximum atomic E-state index is 14.8. The van der Waals surface area contributed by atoms with Crippen LogP contribution in [0.2, 0.25) is 0 Å². The summed E-state index contributed by atoms with van der Waals surface area (Å²) in [6.45, 7) is 16.0. The van der Waals surface area contributed by atoms with Crippen LogP contribution in [0.15, 0.2) is 73.9 Å². The van der Waals surface area contributed by atoms with Gasteiger partial charge in [-0.15, -0.1) is 13.2 Å². The van der Waals surface area contributed by atoms with Crippen LogP contribution in [0.3, 0.4) is 0 Å². The van der Waals surface area contributed by atoms with Crippen molar-refractivity contribution in [3.8, 4) is 0 Å². The minimum atomic E-state index is -3.94. The lowest BCUT2D eigenvalue weighted by Crippen LogP contribution is -2.57. The average Bonchev–Trinajstić information content (AvgIpc) is 3.68. The molecule has 3 amide bonds. The molecular weight excluding hydrogens is 707 g/mol. The van der Waals surface area contributed by atoms with Gasteiger partial charge >= 0.3 is 12.1 Å². The largest absolute Gasteiger partial charge is 0.464 e. The predicted molar refractivity (Wildman–Crippen MR) is 211 cm³/mol. The number of hydrogen-bond donors (Lipinski definition) is 2. The zero-order valence-corrected chi connectivity index (χ0v) is 33.4. The van der Waals surface area contributed by atoms with Gasteiger partial charge in [0.2, 0.25) is 11.8 Å². The molecule has 3 aliphatic rings. The standard InChI is InChI=1S/C42H59N3O8S/c1-8-12-13-14-18-21-34(43-39(49)53-40(5,6)7)37(47)45-29-41(54(50,51)26-9-2,33-24-22-31(23-25-33)30-19-16-15-17-20-30)28-35(45)36(46)44-42(27-32(42)10-3)38(48)52-11-4/h8,10,15-17,19-20,22-24,32-35H,1,3,9,11-14,18,21,25-29H2,2,4-7H3,(H,43,49)(H,44,46)/t32-,33?,34+,35+,41+,42-/m1/s1. The molecule has 1 aromatic rings. The van der Waals surface area contributed by atoms with Gasteiger partial charge in [-0.1, -0.05) is 80.5 Å². The van der Waals surface area contributed by atoms with Crippen LogP contribution >= 0.6 is 0 Å². The van der Waals surface area contributed by atoms with Crippen LogP contribution in [0.1, 0.15) is 98.0 Å². The molecule has 2 aliphatic carbocycles. The van der Waals surface area contributed by atoms with Crippen LogP contribution in [-0.2, 0) is 33.7 Å². The molecule has 2 fully saturated rings. The second-order valence-corrected chi connectivity index (χ2v) is 18.1. The Labute approximate surface area is 321 Å². The lowest BCUT2D eigenvalue weighted by molar-refractivity contribution is -0.150. The second-order valence-electron chi connectivity index (χ2n) is 15.6. The van der Waals surface area contributed by atoms with Crippen molar-refractivity contribution in [3.05, 3.63) is 79.4 Å². The van der Waals surface area contributed by atoms with Crippen molar-refractivity contribution < 1.29 is 37.1 Å². The first-order chi connectivity index (χ1) is 25.6. The van der Waals surface area contributed by atoms with Crippen LogP contribution in [0.25, 0.3) is 5.57 Å². The highest BCUT2D eigenvalue weighted by molar-refractivity contribution is 7.92. The summed E-state index contributed by atoms with van der Waals surface area (Å²) in [6.07, 6.45) is 12.5. The van der Waals surface area contributed by atoms with Crippen molar-refractivity contribution in [1.82, 2.24) is 15.5 Å². The number of rotatable bonds is 18. The molecule has 11 nitrogen and oxygen atoms in total. The van der Waals surface area contributed by atoms with E-state index in [4.69, 9.17) is 9.47 Å². The Hall–Kier alpha value is -4.19. The molecule has 1 aromatic carbocycles. The third-order valence-corrected chi connectivity index (χ3v) is 13.4. The number of amides is 3. The van der Waals surface area contributed by atoms with Crippen LogP contribution in [-0.4, -0.2) is 84.1 Å². The number of ether oxygens (including phenoxy) is 2. The molecule has 1 saturated heterocycles. The Morgan fingerprint density at radius 2 is 1.78 bits per heavy atom. The van der Waals surface area contributed by atoms with Gasteiger partial charge in [0.15, 0.2) is 9.84 Å². The van der Waals surface area contributed by atoms with Gasteiger partial charge in [-0.05, 0) is 83.8 Å². The van der Waals surface area contributed by atoms with Crippen LogP contribution < -0.4 is 10.6 Å². The minimum absolute atomic E-state index is 0.101. The van der Waals surface area contributed by atoms with E-state index in [-0.39, 0.29) is 44.1 Å². The molecule has 0 radical (unpaired) electrons. The monoisotopic (exact) mass is 765 g/mol. The highest BCUT2D eigenvalue weighted by Crippen LogP contribution is 2.48. The molecule has 4 rings (SSSR count). The lowest BCUT2D eigenvalue weighted by Gasteiger charge is -2.36. The Kier molecular flexibility index (Phi) is 14.2. The highest BCUT2D eigenvalue weighted by atomic mass is 32.2. The summed E-state index contributed by atoms with van der Waals surface area (Å²) in [4.78, 5) is 57.1. The fraction of sp³-hybridized carbons (Fsp3) is 0.571. The molecule has 12 heteroatoms. The molecular formula is C42H59N3O8S. The zero-order valence-electron chi connectivity index (χ0n) is 32.6. The SMILES string of the molecule is C=CCCCCC[C@H](NC(=O)OC(C)(C)C)C(=O)N1C[C@@](C2C=CC(c3ccccc3)=CC2)(S(=O)(=O)CCC)C[C@H]1C(=O)N[C@]1(C(=O)OCC)C[C@H]1C=C. The third kappa shape index (κ3) is 9.72. The Morgan fingerprint density at radius 1 is 1.06 bits per heavy atom. The summed E-state index contributed by atoms with van der Waals surface area (Å²) in [7, 11) is -3.94. The van der Waals surface area contributed by atoms with E-state index in [1.54, 1.807) is 40.7 Å². The Bertz CT molecular complexity index is 1720. The predicted octanol–water partition coefficient (Wildman–Crippen LogP) is 6.46. The van der Waals surface area contributed by atoms with Gasteiger partial charge in [0, 0.05) is 18.4 Å². The number of hydrogen-bond acceptors (Lipinski definition) is 8. The first-order valence-corrected chi connectivity index (χ1v) is 20.9. The van der Waals surface area contributed by atoms with Crippen molar-refractivity contribution in [2.45, 2.75) is 120 Å². The quantitative estimate of drug-likeness (QED) is 0.0983. The van der Waals surface area contributed by atoms with Crippen molar-refractivity contribution >= 4 is 39.3 Å². The first-order valence-electron chi connectivity index (χ1n) is 19.3. The molecule has 1 heterocycles. The number of nitrogens with zero attached hydrogens (tertiary/aromatic N) is 1. The molecule has 2 N–H and O–H groups in total. The van der Waals surface area contributed by atoms with Crippen LogP contribution in [0.4, 0.5) is 4.79 Å². The van der Waals surface area contributed by atoms with E-state index in [0.29, 0.717) is 19.3 Å². The number of benzene rings is 1.